The van der Waals surface area contributed by atoms with E-state index in [0.29, 0.717) is 5.70 Å². The quantitative estimate of drug-likeness (QED) is 0.661. The van der Waals surface area contributed by atoms with E-state index in [9.17, 15) is 0 Å². The van der Waals surface area contributed by atoms with E-state index < -0.39 is 0 Å². The molecule has 1 aromatic carbocycles. The highest BCUT2D eigenvalue weighted by molar-refractivity contribution is 5.21. The van der Waals surface area contributed by atoms with Crippen LogP contribution in [0.5, 0.6) is 0 Å². The fraction of sp³-hybridized carbons (Fsp3) is 0.0909. The van der Waals surface area contributed by atoms with Gasteiger partial charge in [-0.15, -0.1) is 6.42 Å². The summed E-state index contributed by atoms with van der Waals surface area (Å²) in [5.41, 5.74) is 1.83. The number of hydrogen-bond acceptors (Lipinski definition) is 1. The van der Waals surface area contributed by atoms with E-state index in [0.717, 1.165) is 6.54 Å². The fourth-order valence-electron chi connectivity index (χ4n) is 0.856. The van der Waals surface area contributed by atoms with Gasteiger partial charge in [0, 0.05) is 6.54 Å². The second-order valence-electron chi connectivity index (χ2n) is 2.46. The lowest BCUT2D eigenvalue weighted by molar-refractivity contribution is 0.843. The molecule has 0 saturated heterocycles. The molecular weight excluding hydrogens is 146 g/mol. The highest BCUT2D eigenvalue weighted by Crippen LogP contribution is 1.97. The van der Waals surface area contributed by atoms with Gasteiger partial charge in [0.05, 0.1) is 5.70 Å². The van der Waals surface area contributed by atoms with Gasteiger partial charge in [-0.3, -0.25) is 0 Å². The van der Waals surface area contributed by atoms with Crippen molar-refractivity contribution >= 4 is 0 Å². The van der Waals surface area contributed by atoms with Crippen molar-refractivity contribution < 1.29 is 0 Å². The molecule has 0 aliphatic rings. The normalized spacial score (nSPS) is 8.58. The Morgan fingerprint density at radius 1 is 1.42 bits per heavy atom. The average Bonchev–Trinajstić information content (AvgIpc) is 2.16. The first-order chi connectivity index (χ1) is 5.83. The van der Waals surface area contributed by atoms with Crippen LogP contribution in [0.15, 0.2) is 42.6 Å². The van der Waals surface area contributed by atoms with Crippen molar-refractivity contribution in [2.45, 2.75) is 6.54 Å². The summed E-state index contributed by atoms with van der Waals surface area (Å²) in [6.07, 6.45) is 5.12. The van der Waals surface area contributed by atoms with Gasteiger partial charge in [-0.2, -0.15) is 0 Å². The van der Waals surface area contributed by atoms with Gasteiger partial charge in [-0.1, -0.05) is 42.8 Å². The number of rotatable bonds is 3. The predicted molar refractivity (Wildman–Crippen MR) is 51.3 cm³/mol. The van der Waals surface area contributed by atoms with Crippen LogP contribution in [-0.4, -0.2) is 0 Å². The molecule has 12 heavy (non-hydrogen) atoms. The Bertz CT molecular complexity index is 293. The zero-order chi connectivity index (χ0) is 8.81. The lowest BCUT2D eigenvalue weighted by Gasteiger charge is -2.03. The molecule has 0 aliphatic heterocycles. The summed E-state index contributed by atoms with van der Waals surface area (Å²) in [7, 11) is 0. The van der Waals surface area contributed by atoms with Crippen molar-refractivity contribution in [1.29, 1.82) is 0 Å². The Hall–Kier alpha value is -1.68. The molecule has 0 amide bonds. The standard InChI is InChI=1S/C11H11N/c1-3-10(2)12-9-11-7-5-4-6-8-11/h1,4-8,12H,2,9H2. The Labute approximate surface area is 73.1 Å². The first-order valence-corrected chi connectivity index (χ1v) is 3.76. The van der Waals surface area contributed by atoms with Crippen LogP contribution < -0.4 is 5.32 Å². The van der Waals surface area contributed by atoms with Gasteiger partial charge >= 0.3 is 0 Å². The molecule has 0 radical (unpaired) electrons. The second kappa shape index (κ2) is 4.25. The molecule has 1 rings (SSSR count). The van der Waals surface area contributed by atoms with Gasteiger partial charge in [-0.25, -0.2) is 0 Å². The van der Waals surface area contributed by atoms with Crippen LogP contribution in [0.25, 0.3) is 0 Å². The smallest absolute Gasteiger partial charge is 0.0780 e. The lowest BCUT2D eigenvalue weighted by atomic mass is 10.2. The summed E-state index contributed by atoms with van der Waals surface area (Å²) >= 11 is 0. The third kappa shape index (κ3) is 2.51. The van der Waals surface area contributed by atoms with Gasteiger partial charge in [0.1, 0.15) is 0 Å². The number of hydrogen-bond donors (Lipinski definition) is 1. The van der Waals surface area contributed by atoms with Crippen LogP contribution in [0.1, 0.15) is 5.56 Å². The number of nitrogens with one attached hydrogen (secondary N) is 1. The van der Waals surface area contributed by atoms with Crippen LogP contribution in [0.3, 0.4) is 0 Å². The minimum Gasteiger partial charge on any atom is -0.375 e. The van der Waals surface area contributed by atoms with E-state index in [2.05, 4.69) is 17.8 Å². The molecule has 1 N–H and O–H groups in total. The molecule has 0 atom stereocenters. The summed E-state index contributed by atoms with van der Waals surface area (Å²) in [6.45, 7) is 4.38. The van der Waals surface area contributed by atoms with Crippen LogP contribution in [-0.2, 0) is 6.54 Å². The molecule has 0 bridgehead atoms. The van der Waals surface area contributed by atoms with Gasteiger partial charge < -0.3 is 5.32 Å². The monoisotopic (exact) mass is 157 g/mol. The molecule has 60 valence electrons. The largest absolute Gasteiger partial charge is 0.375 e. The molecule has 0 saturated carbocycles. The summed E-state index contributed by atoms with van der Waals surface area (Å²) in [5, 5.41) is 3.02. The Balaban J connectivity index is 2.45. The van der Waals surface area contributed by atoms with Crippen molar-refractivity contribution in [3.8, 4) is 12.3 Å². The molecule has 0 aromatic heterocycles. The lowest BCUT2D eigenvalue weighted by Crippen LogP contribution is -2.09. The molecule has 1 nitrogen and oxygen atoms in total. The Kier molecular flexibility index (Phi) is 2.98. The fourth-order valence-corrected chi connectivity index (χ4v) is 0.856. The van der Waals surface area contributed by atoms with E-state index in [1.165, 1.54) is 5.56 Å². The van der Waals surface area contributed by atoms with Crippen LogP contribution >= 0.6 is 0 Å². The van der Waals surface area contributed by atoms with Gasteiger partial charge in [0.2, 0.25) is 0 Å². The zero-order valence-corrected chi connectivity index (χ0v) is 6.88. The molecule has 0 spiro atoms. The van der Waals surface area contributed by atoms with Gasteiger partial charge in [-0.05, 0) is 5.56 Å². The van der Waals surface area contributed by atoms with Gasteiger partial charge in [0.25, 0.3) is 0 Å². The second-order valence-corrected chi connectivity index (χ2v) is 2.46. The molecule has 1 aromatic rings. The maximum Gasteiger partial charge on any atom is 0.0780 e. The van der Waals surface area contributed by atoms with E-state index in [1.807, 2.05) is 30.3 Å². The van der Waals surface area contributed by atoms with Crippen LogP contribution in [0, 0.1) is 12.3 Å². The van der Waals surface area contributed by atoms with Crippen molar-refractivity contribution in [3.05, 3.63) is 48.2 Å². The Morgan fingerprint density at radius 2 is 2.08 bits per heavy atom. The molecule has 0 aliphatic carbocycles. The molecular formula is C11H11N. The summed E-state index contributed by atoms with van der Waals surface area (Å²) < 4.78 is 0. The van der Waals surface area contributed by atoms with E-state index >= 15 is 0 Å². The number of allylic oxidation sites excluding steroid dienone is 1. The number of terminal acetylenes is 1. The summed E-state index contributed by atoms with van der Waals surface area (Å²) in [6, 6.07) is 10.1. The first-order valence-electron chi connectivity index (χ1n) is 3.76. The van der Waals surface area contributed by atoms with Crippen molar-refractivity contribution in [2.75, 3.05) is 0 Å². The minimum atomic E-state index is 0.624. The Morgan fingerprint density at radius 3 is 2.67 bits per heavy atom. The SMILES string of the molecule is C#CC(=C)NCc1ccccc1. The number of benzene rings is 1. The summed E-state index contributed by atoms with van der Waals surface area (Å²) in [5.74, 6) is 2.43. The maximum absolute atomic E-state index is 5.12. The van der Waals surface area contributed by atoms with E-state index in [1.54, 1.807) is 0 Å². The van der Waals surface area contributed by atoms with Crippen molar-refractivity contribution in [3.63, 3.8) is 0 Å². The predicted octanol–water partition coefficient (Wildman–Crippen LogP) is 1.92. The van der Waals surface area contributed by atoms with Gasteiger partial charge in [0.15, 0.2) is 0 Å². The van der Waals surface area contributed by atoms with Crippen molar-refractivity contribution in [2.24, 2.45) is 0 Å². The van der Waals surface area contributed by atoms with Crippen LogP contribution in [0.2, 0.25) is 0 Å². The molecule has 1 heteroatoms. The highest BCUT2D eigenvalue weighted by Gasteiger charge is 1.89. The highest BCUT2D eigenvalue weighted by atomic mass is 14.9. The molecule has 0 unspecified atom stereocenters. The average molecular weight is 157 g/mol. The third-order valence-electron chi connectivity index (χ3n) is 1.52. The van der Waals surface area contributed by atoms with Crippen LogP contribution in [0.4, 0.5) is 0 Å². The topological polar surface area (TPSA) is 12.0 Å². The van der Waals surface area contributed by atoms with E-state index in [-0.39, 0.29) is 0 Å². The van der Waals surface area contributed by atoms with E-state index in [4.69, 9.17) is 6.42 Å². The first kappa shape index (κ1) is 8.42. The molecule has 0 fully saturated rings. The third-order valence-corrected chi connectivity index (χ3v) is 1.52. The zero-order valence-electron chi connectivity index (χ0n) is 6.88. The molecule has 0 heterocycles. The maximum atomic E-state index is 5.12. The van der Waals surface area contributed by atoms with Crippen molar-refractivity contribution in [1.82, 2.24) is 5.32 Å². The summed E-state index contributed by atoms with van der Waals surface area (Å²) in [4.78, 5) is 0. The minimum absolute atomic E-state index is 0.624.